The van der Waals surface area contributed by atoms with Crippen LogP contribution in [-0.4, -0.2) is 39.7 Å². The number of methoxy groups -OCH3 is 1. The van der Waals surface area contributed by atoms with Crippen molar-refractivity contribution in [3.05, 3.63) is 77.2 Å². The second kappa shape index (κ2) is 10.4. The highest BCUT2D eigenvalue weighted by atomic mass is 35.5. The minimum atomic E-state index is -0.281. The standard InChI is InChI=1S/C23H20ClN5O3S/c1-15-3-10-20(32-15)13-25-26-21(30)14-33-23-28-27-22(16-4-11-19(31-2)12-5-16)29(23)18-8-6-17(24)7-9-18/h3-13H,14H2,1-2H3,(H,26,30). The van der Waals surface area contributed by atoms with Gasteiger partial charge in [0.2, 0.25) is 0 Å². The summed E-state index contributed by atoms with van der Waals surface area (Å²) in [5.74, 6) is 2.53. The predicted molar refractivity (Wildman–Crippen MR) is 128 cm³/mol. The van der Waals surface area contributed by atoms with Gasteiger partial charge in [-0.3, -0.25) is 9.36 Å². The molecule has 4 rings (SSSR count). The van der Waals surface area contributed by atoms with Crippen molar-refractivity contribution in [3.8, 4) is 22.8 Å². The first kappa shape index (κ1) is 22.6. The maximum Gasteiger partial charge on any atom is 0.250 e. The number of hydrazone groups is 1. The Morgan fingerprint density at radius 3 is 2.58 bits per heavy atom. The van der Waals surface area contributed by atoms with Gasteiger partial charge in [-0.1, -0.05) is 23.4 Å². The van der Waals surface area contributed by atoms with Crippen LogP contribution in [0.2, 0.25) is 5.02 Å². The number of benzene rings is 2. The van der Waals surface area contributed by atoms with Gasteiger partial charge >= 0.3 is 0 Å². The summed E-state index contributed by atoms with van der Waals surface area (Å²) in [6.07, 6.45) is 1.45. The van der Waals surface area contributed by atoms with Gasteiger partial charge in [-0.15, -0.1) is 10.2 Å². The number of amides is 1. The molecule has 0 aliphatic rings. The van der Waals surface area contributed by atoms with Crippen LogP contribution in [0.15, 0.2) is 75.3 Å². The number of hydrogen-bond acceptors (Lipinski definition) is 7. The number of ether oxygens (including phenoxy) is 1. The largest absolute Gasteiger partial charge is 0.497 e. The van der Waals surface area contributed by atoms with E-state index in [1.807, 2.05) is 54.0 Å². The second-order valence-corrected chi connectivity index (χ2v) is 8.26. The minimum absolute atomic E-state index is 0.100. The molecule has 8 nitrogen and oxygen atoms in total. The van der Waals surface area contributed by atoms with Crippen LogP contribution >= 0.6 is 23.4 Å². The Hall–Kier alpha value is -3.56. The molecule has 0 saturated carbocycles. The third kappa shape index (κ3) is 5.63. The van der Waals surface area contributed by atoms with Gasteiger partial charge in [-0.05, 0) is 67.6 Å². The van der Waals surface area contributed by atoms with Crippen LogP contribution in [0.5, 0.6) is 5.75 Å². The van der Waals surface area contributed by atoms with Crippen LogP contribution in [0.1, 0.15) is 11.5 Å². The normalized spacial score (nSPS) is 11.1. The number of carbonyl (C=O) groups is 1. The summed E-state index contributed by atoms with van der Waals surface area (Å²) in [7, 11) is 1.62. The van der Waals surface area contributed by atoms with Gasteiger partial charge < -0.3 is 9.15 Å². The molecule has 1 amide bonds. The molecule has 0 fully saturated rings. The fourth-order valence-electron chi connectivity index (χ4n) is 2.97. The number of carbonyl (C=O) groups excluding carboxylic acids is 1. The molecule has 0 radical (unpaired) electrons. The van der Waals surface area contributed by atoms with Crippen LogP contribution in [-0.2, 0) is 4.79 Å². The van der Waals surface area contributed by atoms with Crippen molar-refractivity contribution in [1.82, 2.24) is 20.2 Å². The highest BCUT2D eigenvalue weighted by Gasteiger charge is 2.17. The molecular weight excluding hydrogens is 462 g/mol. The molecule has 0 spiro atoms. The number of rotatable bonds is 8. The molecule has 10 heteroatoms. The van der Waals surface area contributed by atoms with Crippen molar-refractivity contribution in [1.29, 1.82) is 0 Å². The van der Waals surface area contributed by atoms with Gasteiger partial charge in [0.05, 0.1) is 19.1 Å². The lowest BCUT2D eigenvalue weighted by molar-refractivity contribution is -0.118. The smallest absolute Gasteiger partial charge is 0.250 e. The van der Waals surface area contributed by atoms with Crippen molar-refractivity contribution in [2.75, 3.05) is 12.9 Å². The van der Waals surface area contributed by atoms with Crippen molar-refractivity contribution in [2.45, 2.75) is 12.1 Å². The lowest BCUT2D eigenvalue weighted by Gasteiger charge is -2.11. The van der Waals surface area contributed by atoms with Gasteiger partial charge in [-0.2, -0.15) is 5.10 Å². The summed E-state index contributed by atoms with van der Waals surface area (Å²) in [5.41, 5.74) is 4.17. The van der Waals surface area contributed by atoms with Crippen LogP contribution in [0.3, 0.4) is 0 Å². The number of hydrogen-bond donors (Lipinski definition) is 1. The molecule has 0 aliphatic carbocycles. The van der Waals surface area contributed by atoms with E-state index in [1.54, 1.807) is 25.3 Å². The number of halogens is 1. The summed E-state index contributed by atoms with van der Waals surface area (Å²) in [4.78, 5) is 12.3. The molecule has 2 heterocycles. The van der Waals surface area contributed by atoms with E-state index in [1.165, 1.54) is 18.0 Å². The third-order valence-electron chi connectivity index (χ3n) is 4.54. The zero-order valence-corrected chi connectivity index (χ0v) is 19.4. The predicted octanol–water partition coefficient (Wildman–Crippen LogP) is 4.74. The summed E-state index contributed by atoms with van der Waals surface area (Å²) >= 11 is 7.32. The Labute approximate surface area is 199 Å². The van der Waals surface area contributed by atoms with Gasteiger partial charge in [0.15, 0.2) is 11.0 Å². The second-order valence-electron chi connectivity index (χ2n) is 6.88. The van der Waals surface area contributed by atoms with Gasteiger partial charge in [0.1, 0.15) is 17.3 Å². The lowest BCUT2D eigenvalue weighted by atomic mass is 10.2. The van der Waals surface area contributed by atoms with Crippen molar-refractivity contribution < 1.29 is 13.9 Å². The Morgan fingerprint density at radius 1 is 1.15 bits per heavy atom. The fraction of sp³-hybridized carbons (Fsp3) is 0.130. The molecule has 0 unspecified atom stereocenters. The third-order valence-corrected chi connectivity index (χ3v) is 5.72. The Balaban J connectivity index is 1.53. The number of aryl methyl sites for hydroxylation is 1. The number of aromatic nitrogens is 3. The molecule has 0 aliphatic heterocycles. The number of furan rings is 1. The van der Waals surface area contributed by atoms with Crippen LogP contribution < -0.4 is 10.2 Å². The minimum Gasteiger partial charge on any atom is -0.497 e. The quantitative estimate of drug-likeness (QED) is 0.222. The Bertz CT molecular complexity index is 1270. The number of nitrogens with one attached hydrogen (secondary N) is 1. The van der Waals surface area contributed by atoms with Crippen molar-refractivity contribution in [3.63, 3.8) is 0 Å². The van der Waals surface area contributed by atoms with Crippen LogP contribution in [0.25, 0.3) is 17.1 Å². The Kier molecular flexibility index (Phi) is 7.11. The number of nitrogens with zero attached hydrogens (tertiary/aromatic N) is 4. The van der Waals surface area contributed by atoms with Gasteiger partial charge in [0, 0.05) is 16.3 Å². The summed E-state index contributed by atoms with van der Waals surface area (Å²) in [5, 5.41) is 13.8. The summed E-state index contributed by atoms with van der Waals surface area (Å²) in [6, 6.07) is 18.4. The average Bonchev–Trinajstić information content (AvgIpc) is 3.44. The van der Waals surface area contributed by atoms with E-state index in [9.17, 15) is 4.79 Å². The molecule has 0 saturated heterocycles. The first-order chi connectivity index (χ1) is 16.0. The van der Waals surface area contributed by atoms with E-state index in [0.29, 0.717) is 21.8 Å². The molecule has 4 aromatic rings. The molecule has 0 bridgehead atoms. The molecule has 2 aromatic heterocycles. The van der Waals surface area contributed by atoms with E-state index >= 15 is 0 Å². The van der Waals surface area contributed by atoms with Crippen LogP contribution in [0.4, 0.5) is 0 Å². The molecular formula is C23H20ClN5O3S. The zero-order valence-electron chi connectivity index (χ0n) is 17.9. The fourth-order valence-corrected chi connectivity index (χ4v) is 3.84. The van der Waals surface area contributed by atoms with E-state index in [-0.39, 0.29) is 11.7 Å². The highest BCUT2D eigenvalue weighted by molar-refractivity contribution is 7.99. The van der Waals surface area contributed by atoms with Crippen LogP contribution in [0, 0.1) is 6.92 Å². The van der Waals surface area contributed by atoms with Gasteiger partial charge in [0.25, 0.3) is 5.91 Å². The first-order valence-corrected chi connectivity index (χ1v) is 11.3. The van der Waals surface area contributed by atoms with Crippen molar-refractivity contribution >= 4 is 35.5 Å². The van der Waals surface area contributed by atoms with E-state index in [4.69, 9.17) is 20.8 Å². The molecule has 0 atom stereocenters. The topological polar surface area (TPSA) is 94.5 Å². The lowest BCUT2D eigenvalue weighted by Crippen LogP contribution is -2.19. The maximum absolute atomic E-state index is 12.3. The van der Waals surface area contributed by atoms with Crippen molar-refractivity contribution in [2.24, 2.45) is 5.10 Å². The van der Waals surface area contributed by atoms with E-state index < -0.39 is 0 Å². The summed E-state index contributed by atoms with van der Waals surface area (Å²) < 4.78 is 12.5. The maximum atomic E-state index is 12.3. The zero-order chi connectivity index (χ0) is 23.2. The highest BCUT2D eigenvalue weighted by Crippen LogP contribution is 2.29. The Morgan fingerprint density at radius 2 is 1.91 bits per heavy atom. The first-order valence-electron chi connectivity index (χ1n) is 9.90. The monoisotopic (exact) mass is 481 g/mol. The van der Waals surface area contributed by atoms with E-state index in [2.05, 4.69) is 20.7 Å². The average molecular weight is 482 g/mol. The number of thioether (sulfide) groups is 1. The SMILES string of the molecule is COc1ccc(-c2nnc(SCC(=O)NN=Cc3ccc(C)o3)n2-c2ccc(Cl)cc2)cc1. The summed E-state index contributed by atoms with van der Waals surface area (Å²) in [6.45, 7) is 1.84. The van der Waals surface area contributed by atoms with E-state index in [0.717, 1.165) is 22.8 Å². The molecule has 168 valence electrons. The molecule has 2 aromatic carbocycles. The molecule has 33 heavy (non-hydrogen) atoms. The molecule has 1 N–H and O–H groups in total. The van der Waals surface area contributed by atoms with Gasteiger partial charge in [-0.25, -0.2) is 5.43 Å².